The summed E-state index contributed by atoms with van der Waals surface area (Å²) in [5.41, 5.74) is 0.912. The highest BCUT2D eigenvalue weighted by Crippen LogP contribution is 2.22. The predicted molar refractivity (Wildman–Crippen MR) is 95.4 cm³/mol. The molecule has 0 spiro atoms. The van der Waals surface area contributed by atoms with Crippen LogP contribution in [0.25, 0.3) is 0 Å². The van der Waals surface area contributed by atoms with E-state index in [9.17, 15) is 13.2 Å². The van der Waals surface area contributed by atoms with Crippen LogP contribution in [-0.2, 0) is 10.0 Å². The lowest BCUT2D eigenvalue weighted by atomic mass is 10.2. The van der Waals surface area contributed by atoms with Crippen molar-refractivity contribution in [2.24, 2.45) is 0 Å². The van der Waals surface area contributed by atoms with E-state index in [-0.39, 0.29) is 10.8 Å². The molecular weight excluding hydrogens is 340 g/mol. The summed E-state index contributed by atoms with van der Waals surface area (Å²) in [4.78, 5) is 12.6. The number of anilines is 1. The zero-order valence-electron chi connectivity index (χ0n) is 13.9. The van der Waals surface area contributed by atoms with E-state index in [0.29, 0.717) is 30.1 Å². The summed E-state index contributed by atoms with van der Waals surface area (Å²) in [6.07, 6.45) is 1.74. The first-order valence-corrected chi connectivity index (χ1v) is 9.50. The third-order valence-electron chi connectivity index (χ3n) is 4.15. The van der Waals surface area contributed by atoms with E-state index >= 15 is 0 Å². The normalized spacial score (nSPS) is 15.1. The van der Waals surface area contributed by atoms with Crippen LogP contribution in [0.5, 0.6) is 5.75 Å². The Morgan fingerprint density at radius 3 is 2.40 bits per heavy atom. The summed E-state index contributed by atoms with van der Waals surface area (Å²) in [5, 5.41) is 2.75. The molecule has 6 nitrogen and oxygen atoms in total. The molecule has 3 rings (SSSR count). The van der Waals surface area contributed by atoms with Gasteiger partial charge in [-0.3, -0.25) is 4.79 Å². The lowest BCUT2D eigenvalue weighted by molar-refractivity contribution is 0.102. The van der Waals surface area contributed by atoms with Crippen LogP contribution < -0.4 is 10.1 Å². The van der Waals surface area contributed by atoms with Gasteiger partial charge in [0.15, 0.2) is 0 Å². The van der Waals surface area contributed by atoms with Crippen molar-refractivity contribution in [3.63, 3.8) is 0 Å². The largest absolute Gasteiger partial charge is 0.497 e. The average molecular weight is 360 g/mol. The monoisotopic (exact) mass is 360 g/mol. The molecule has 0 aromatic heterocycles. The topological polar surface area (TPSA) is 75.7 Å². The number of nitrogens with one attached hydrogen (secondary N) is 1. The molecule has 0 unspecified atom stereocenters. The van der Waals surface area contributed by atoms with Crippen molar-refractivity contribution < 1.29 is 17.9 Å². The summed E-state index contributed by atoms with van der Waals surface area (Å²) < 4.78 is 31.8. The minimum atomic E-state index is -3.54. The van der Waals surface area contributed by atoms with E-state index in [1.54, 1.807) is 43.5 Å². The highest BCUT2D eigenvalue weighted by molar-refractivity contribution is 7.89. The molecule has 7 heteroatoms. The van der Waals surface area contributed by atoms with Crippen LogP contribution >= 0.6 is 0 Å². The Hall–Kier alpha value is -2.38. The van der Waals surface area contributed by atoms with Gasteiger partial charge in [-0.1, -0.05) is 6.07 Å². The maximum atomic E-state index is 12.6. The Labute approximate surface area is 147 Å². The molecule has 2 aromatic rings. The van der Waals surface area contributed by atoms with Crippen LogP contribution in [0.1, 0.15) is 23.2 Å². The van der Waals surface area contributed by atoms with Gasteiger partial charge in [0.05, 0.1) is 12.0 Å². The minimum Gasteiger partial charge on any atom is -0.497 e. The molecule has 0 aliphatic carbocycles. The number of carbonyl (C=O) groups excluding carboxylic acids is 1. The second kappa shape index (κ2) is 7.25. The second-order valence-electron chi connectivity index (χ2n) is 5.82. The standard InChI is InChI=1S/C18H20N2O4S/c1-24-16-9-7-15(8-10-16)19-18(21)14-5-4-6-17(13-14)25(22,23)20-11-2-3-12-20/h4-10,13H,2-3,11-12H2,1H3,(H,19,21). The number of ether oxygens (including phenoxy) is 1. The highest BCUT2D eigenvalue weighted by Gasteiger charge is 2.27. The van der Waals surface area contributed by atoms with E-state index in [4.69, 9.17) is 4.74 Å². The number of carbonyl (C=O) groups is 1. The summed E-state index contributed by atoms with van der Waals surface area (Å²) in [6.45, 7) is 1.06. The number of hydrogen-bond donors (Lipinski definition) is 1. The highest BCUT2D eigenvalue weighted by atomic mass is 32.2. The number of amides is 1. The molecule has 1 heterocycles. The van der Waals surface area contributed by atoms with Gasteiger partial charge in [0.1, 0.15) is 5.75 Å². The Morgan fingerprint density at radius 2 is 1.76 bits per heavy atom. The van der Waals surface area contributed by atoms with Crippen LogP contribution in [0.4, 0.5) is 5.69 Å². The van der Waals surface area contributed by atoms with Gasteiger partial charge < -0.3 is 10.1 Å². The van der Waals surface area contributed by atoms with Gasteiger partial charge in [-0.15, -0.1) is 0 Å². The summed E-state index contributed by atoms with van der Waals surface area (Å²) in [6, 6.07) is 13.1. The van der Waals surface area contributed by atoms with Gasteiger partial charge in [0.25, 0.3) is 5.91 Å². The number of benzene rings is 2. The van der Waals surface area contributed by atoms with E-state index in [1.807, 2.05) is 0 Å². The third kappa shape index (κ3) is 3.83. The fourth-order valence-electron chi connectivity index (χ4n) is 2.75. The Morgan fingerprint density at radius 1 is 1.08 bits per heavy atom. The zero-order valence-corrected chi connectivity index (χ0v) is 14.8. The molecule has 132 valence electrons. The maximum Gasteiger partial charge on any atom is 0.255 e. The van der Waals surface area contributed by atoms with Crippen LogP contribution in [0, 0.1) is 0 Å². The first-order chi connectivity index (χ1) is 12.0. The smallest absolute Gasteiger partial charge is 0.255 e. The van der Waals surface area contributed by atoms with Gasteiger partial charge in [-0.05, 0) is 55.3 Å². The van der Waals surface area contributed by atoms with Crippen molar-refractivity contribution in [3.05, 3.63) is 54.1 Å². The van der Waals surface area contributed by atoms with Gasteiger partial charge in [-0.25, -0.2) is 8.42 Å². The molecule has 25 heavy (non-hydrogen) atoms. The summed E-state index contributed by atoms with van der Waals surface area (Å²) >= 11 is 0. The second-order valence-corrected chi connectivity index (χ2v) is 7.76. The van der Waals surface area contributed by atoms with Crippen LogP contribution in [0.3, 0.4) is 0 Å². The molecule has 0 radical (unpaired) electrons. The quantitative estimate of drug-likeness (QED) is 0.890. The lowest BCUT2D eigenvalue weighted by Gasteiger charge is -2.16. The van der Waals surface area contributed by atoms with Crippen molar-refractivity contribution in [2.75, 3.05) is 25.5 Å². The fraction of sp³-hybridized carbons (Fsp3) is 0.278. The number of sulfonamides is 1. The molecule has 1 N–H and O–H groups in total. The number of rotatable bonds is 5. The van der Waals surface area contributed by atoms with E-state index in [1.165, 1.54) is 16.4 Å². The van der Waals surface area contributed by atoms with E-state index in [0.717, 1.165) is 12.8 Å². The molecule has 1 amide bonds. The Bertz CT molecular complexity index is 857. The summed E-state index contributed by atoms with van der Waals surface area (Å²) in [5.74, 6) is 0.334. The molecule has 1 saturated heterocycles. The first kappa shape index (κ1) is 17.4. The van der Waals surface area contributed by atoms with Gasteiger partial charge >= 0.3 is 0 Å². The molecule has 1 aliphatic heterocycles. The lowest BCUT2D eigenvalue weighted by Crippen LogP contribution is -2.28. The van der Waals surface area contributed by atoms with Crippen molar-refractivity contribution in [2.45, 2.75) is 17.7 Å². The van der Waals surface area contributed by atoms with Crippen LogP contribution in [0.2, 0.25) is 0 Å². The van der Waals surface area contributed by atoms with Crippen molar-refractivity contribution in [1.29, 1.82) is 0 Å². The predicted octanol–water partition coefficient (Wildman–Crippen LogP) is 2.73. The molecule has 2 aromatic carbocycles. The Kier molecular flexibility index (Phi) is 5.06. The summed E-state index contributed by atoms with van der Waals surface area (Å²) in [7, 11) is -1.97. The average Bonchev–Trinajstić information content (AvgIpc) is 3.18. The van der Waals surface area contributed by atoms with Crippen LogP contribution in [0.15, 0.2) is 53.4 Å². The number of hydrogen-bond acceptors (Lipinski definition) is 4. The fourth-order valence-corrected chi connectivity index (χ4v) is 4.32. The molecule has 0 atom stereocenters. The molecule has 1 fully saturated rings. The van der Waals surface area contributed by atoms with Gasteiger partial charge in [0, 0.05) is 24.3 Å². The minimum absolute atomic E-state index is 0.150. The molecule has 0 saturated carbocycles. The molecule has 0 bridgehead atoms. The third-order valence-corrected chi connectivity index (χ3v) is 6.04. The maximum absolute atomic E-state index is 12.6. The molecule has 1 aliphatic rings. The SMILES string of the molecule is COc1ccc(NC(=O)c2cccc(S(=O)(=O)N3CCCC3)c2)cc1. The van der Waals surface area contributed by atoms with Crippen molar-refractivity contribution >= 4 is 21.6 Å². The van der Waals surface area contributed by atoms with E-state index in [2.05, 4.69) is 5.32 Å². The number of methoxy groups -OCH3 is 1. The first-order valence-electron chi connectivity index (χ1n) is 8.06. The Balaban J connectivity index is 1.79. The van der Waals surface area contributed by atoms with Crippen LogP contribution in [-0.4, -0.2) is 38.8 Å². The van der Waals surface area contributed by atoms with Gasteiger partial charge in [0.2, 0.25) is 10.0 Å². The zero-order chi connectivity index (χ0) is 17.9. The van der Waals surface area contributed by atoms with E-state index < -0.39 is 10.0 Å². The van der Waals surface area contributed by atoms with Gasteiger partial charge in [-0.2, -0.15) is 4.31 Å². The number of nitrogens with zero attached hydrogens (tertiary/aromatic N) is 1. The molecular formula is C18H20N2O4S. The van der Waals surface area contributed by atoms with Crippen molar-refractivity contribution in [1.82, 2.24) is 4.31 Å². The van der Waals surface area contributed by atoms with Crippen molar-refractivity contribution in [3.8, 4) is 5.75 Å².